The number of alkyl halides is 6. The fraction of sp³-hybridized carbons (Fsp3) is 0.333. The van der Waals surface area contributed by atoms with Gasteiger partial charge in [0.25, 0.3) is 6.43 Å². The summed E-state index contributed by atoms with van der Waals surface area (Å²) < 4.78 is 65.0. The van der Waals surface area contributed by atoms with Crippen molar-refractivity contribution in [1.29, 1.82) is 0 Å². The quantitative estimate of drug-likeness (QED) is 0.684. The van der Waals surface area contributed by atoms with E-state index in [0.29, 0.717) is 6.07 Å². The lowest BCUT2D eigenvalue weighted by Crippen LogP contribution is -2.20. The largest absolute Gasteiger partial charge is 0.573 e. The molecule has 0 aliphatic heterocycles. The number of ether oxygens (including phenoxy) is 1. The summed E-state index contributed by atoms with van der Waals surface area (Å²) in [6.45, 7) is 0. The van der Waals surface area contributed by atoms with Crippen molar-refractivity contribution in [2.75, 3.05) is 0 Å². The van der Waals surface area contributed by atoms with Crippen LogP contribution in [0.3, 0.4) is 0 Å². The van der Waals surface area contributed by atoms with E-state index in [-0.39, 0.29) is 5.69 Å². The topological polar surface area (TPSA) is 59.4 Å². The Morgan fingerprint density at radius 1 is 1.47 bits per heavy atom. The first kappa shape index (κ1) is 15.4. The van der Waals surface area contributed by atoms with Gasteiger partial charge in [0, 0.05) is 6.07 Å². The number of nitrogens with zero attached hydrogens (tertiary/aromatic N) is 1. The van der Waals surface area contributed by atoms with Gasteiger partial charge in [0.15, 0.2) is 5.69 Å². The summed E-state index contributed by atoms with van der Waals surface area (Å²) in [4.78, 5) is 14.0. The lowest BCUT2D eigenvalue weighted by molar-refractivity contribution is -0.275. The number of carbonyl (C=O) groups is 1. The van der Waals surface area contributed by atoms with Crippen LogP contribution in [-0.4, -0.2) is 22.4 Å². The third-order valence-electron chi connectivity index (χ3n) is 1.86. The monoisotopic (exact) mass is 305 g/mol. The van der Waals surface area contributed by atoms with Crippen molar-refractivity contribution in [2.45, 2.75) is 18.7 Å². The molecule has 1 heterocycles. The van der Waals surface area contributed by atoms with Crippen molar-refractivity contribution in [1.82, 2.24) is 4.98 Å². The molecule has 4 nitrogen and oxygen atoms in total. The van der Waals surface area contributed by atoms with Gasteiger partial charge < -0.3 is 9.84 Å². The van der Waals surface area contributed by atoms with Gasteiger partial charge in [-0.15, -0.1) is 24.8 Å². The number of halogens is 6. The Labute approximate surface area is 107 Å². The second-order valence-electron chi connectivity index (χ2n) is 3.16. The molecule has 1 aromatic rings. The second kappa shape index (κ2) is 5.55. The third-order valence-corrected chi connectivity index (χ3v) is 2.13. The van der Waals surface area contributed by atoms with Crippen LogP contribution >= 0.6 is 11.6 Å². The molecule has 0 saturated heterocycles. The highest BCUT2D eigenvalue weighted by atomic mass is 35.5. The van der Waals surface area contributed by atoms with Gasteiger partial charge in [-0.05, 0) is 0 Å². The van der Waals surface area contributed by atoms with Crippen molar-refractivity contribution in [2.24, 2.45) is 0 Å². The maximum atomic E-state index is 12.7. The van der Waals surface area contributed by atoms with E-state index in [2.05, 4.69) is 9.72 Å². The number of rotatable bonds is 4. The minimum Gasteiger partial charge on any atom is -0.476 e. The molecule has 0 unspecified atom stereocenters. The first-order valence-corrected chi connectivity index (χ1v) is 5.06. The smallest absolute Gasteiger partial charge is 0.476 e. The van der Waals surface area contributed by atoms with E-state index in [9.17, 15) is 26.7 Å². The molecule has 1 rings (SSSR count). The lowest BCUT2D eigenvalue weighted by Gasteiger charge is -2.15. The minimum absolute atomic E-state index is 0.331. The molecule has 0 saturated carbocycles. The number of aromatic carboxylic acids is 1. The van der Waals surface area contributed by atoms with Gasteiger partial charge in [0.2, 0.25) is 0 Å². The fourth-order valence-electron chi connectivity index (χ4n) is 1.23. The van der Waals surface area contributed by atoms with Crippen LogP contribution in [0, 0.1) is 0 Å². The molecule has 0 bridgehead atoms. The highest BCUT2D eigenvalue weighted by Crippen LogP contribution is 2.35. The van der Waals surface area contributed by atoms with Crippen LogP contribution in [0.15, 0.2) is 6.07 Å². The number of carboxylic acids is 1. The van der Waals surface area contributed by atoms with Gasteiger partial charge in [0.05, 0.1) is 17.1 Å². The van der Waals surface area contributed by atoms with E-state index in [0.717, 1.165) is 0 Å². The Morgan fingerprint density at radius 2 is 2.05 bits per heavy atom. The Morgan fingerprint density at radius 3 is 2.42 bits per heavy atom. The summed E-state index contributed by atoms with van der Waals surface area (Å²) in [6, 6.07) is 0.522. The zero-order chi connectivity index (χ0) is 14.8. The predicted octanol–water partition coefficient (Wildman–Crippen LogP) is 3.35. The van der Waals surface area contributed by atoms with Crippen molar-refractivity contribution in [3.63, 3.8) is 0 Å². The number of aromatic nitrogens is 1. The van der Waals surface area contributed by atoms with Crippen LogP contribution in [0.25, 0.3) is 0 Å². The molecule has 0 aromatic carbocycles. The zero-order valence-corrected chi connectivity index (χ0v) is 9.60. The maximum absolute atomic E-state index is 12.7. The zero-order valence-electron chi connectivity index (χ0n) is 8.84. The van der Waals surface area contributed by atoms with Crippen molar-refractivity contribution >= 4 is 17.6 Å². The van der Waals surface area contributed by atoms with Crippen LogP contribution < -0.4 is 4.74 Å². The van der Waals surface area contributed by atoms with E-state index in [1.807, 2.05) is 0 Å². The third kappa shape index (κ3) is 3.91. The van der Waals surface area contributed by atoms with Gasteiger partial charge >= 0.3 is 12.3 Å². The van der Waals surface area contributed by atoms with Gasteiger partial charge in [-0.2, -0.15) is 0 Å². The Kier molecular flexibility index (Phi) is 4.51. The molecule has 106 valence electrons. The predicted molar refractivity (Wildman–Crippen MR) is 52.4 cm³/mol. The van der Waals surface area contributed by atoms with Crippen LogP contribution in [0.1, 0.15) is 28.2 Å². The van der Waals surface area contributed by atoms with E-state index in [1.165, 1.54) is 0 Å². The summed E-state index contributed by atoms with van der Waals surface area (Å²) in [5, 5.41) is 8.68. The summed E-state index contributed by atoms with van der Waals surface area (Å²) in [5.41, 5.74) is -3.01. The standard InChI is InChI=1S/C9H5ClF5NO3/c10-2-3-1-4(19-9(13,14)15)5(7(11)12)6(16-3)8(17)18/h1,7H,2H2,(H,17,18). The van der Waals surface area contributed by atoms with E-state index in [4.69, 9.17) is 16.7 Å². The van der Waals surface area contributed by atoms with Crippen molar-refractivity contribution in [3.05, 3.63) is 23.0 Å². The first-order chi connectivity index (χ1) is 8.65. The Hall–Kier alpha value is -1.64. The van der Waals surface area contributed by atoms with Crippen LogP contribution in [0.2, 0.25) is 0 Å². The number of pyridine rings is 1. The van der Waals surface area contributed by atoms with Gasteiger partial charge in [-0.25, -0.2) is 18.6 Å². The first-order valence-electron chi connectivity index (χ1n) is 4.52. The minimum atomic E-state index is -5.25. The molecule has 0 spiro atoms. The molecule has 19 heavy (non-hydrogen) atoms. The molecular weight excluding hydrogens is 301 g/mol. The molecular formula is C9H5ClF5NO3. The second-order valence-corrected chi connectivity index (χ2v) is 3.43. The van der Waals surface area contributed by atoms with E-state index < -0.39 is 41.6 Å². The summed E-state index contributed by atoms with van der Waals surface area (Å²) in [7, 11) is 0. The summed E-state index contributed by atoms with van der Waals surface area (Å²) >= 11 is 5.30. The summed E-state index contributed by atoms with van der Waals surface area (Å²) in [6.07, 6.45) is -8.75. The molecule has 0 amide bonds. The normalized spacial score (nSPS) is 11.7. The van der Waals surface area contributed by atoms with Gasteiger partial charge in [-0.3, -0.25) is 0 Å². The number of hydrogen-bond acceptors (Lipinski definition) is 3. The van der Waals surface area contributed by atoms with Gasteiger partial charge in [-0.1, -0.05) is 0 Å². The lowest BCUT2D eigenvalue weighted by atomic mass is 10.1. The maximum Gasteiger partial charge on any atom is 0.573 e. The molecule has 10 heteroatoms. The molecule has 0 aliphatic rings. The van der Waals surface area contributed by atoms with E-state index in [1.54, 1.807) is 0 Å². The Bertz CT molecular complexity index is 491. The average molecular weight is 306 g/mol. The molecule has 0 aliphatic carbocycles. The molecule has 0 radical (unpaired) electrons. The van der Waals surface area contributed by atoms with E-state index >= 15 is 0 Å². The molecule has 0 fully saturated rings. The number of carboxylic acid groups (broad SMARTS) is 1. The van der Waals surface area contributed by atoms with Crippen LogP contribution in [0.4, 0.5) is 22.0 Å². The highest BCUT2D eigenvalue weighted by molar-refractivity contribution is 6.16. The van der Waals surface area contributed by atoms with Crippen LogP contribution in [-0.2, 0) is 5.88 Å². The molecule has 1 N–H and O–H groups in total. The molecule has 0 atom stereocenters. The molecule has 1 aromatic heterocycles. The van der Waals surface area contributed by atoms with Crippen LogP contribution in [0.5, 0.6) is 5.75 Å². The average Bonchev–Trinajstić information content (AvgIpc) is 2.24. The van der Waals surface area contributed by atoms with Gasteiger partial charge in [0.1, 0.15) is 5.75 Å². The highest BCUT2D eigenvalue weighted by Gasteiger charge is 2.35. The Balaban J connectivity index is 3.48. The number of hydrogen-bond donors (Lipinski definition) is 1. The van der Waals surface area contributed by atoms with Crippen molar-refractivity contribution in [3.8, 4) is 5.75 Å². The van der Waals surface area contributed by atoms with Crippen molar-refractivity contribution < 1.29 is 36.6 Å². The summed E-state index contributed by atoms with van der Waals surface area (Å²) in [5.74, 6) is -3.70. The SMILES string of the molecule is O=C(O)c1nc(CCl)cc(OC(F)(F)F)c1C(F)F. The fourth-order valence-corrected chi connectivity index (χ4v) is 1.37.